The van der Waals surface area contributed by atoms with Crippen LogP contribution in [0.4, 0.5) is 11.4 Å². The maximum Gasteiger partial charge on any atom is 0.338 e. The Labute approximate surface area is 244 Å². The fourth-order valence-corrected chi connectivity index (χ4v) is 3.98. The van der Waals surface area contributed by atoms with Crippen LogP contribution >= 0.6 is 0 Å². The molecule has 3 aliphatic rings. The lowest BCUT2D eigenvalue weighted by Crippen LogP contribution is -2.20. The molecule has 0 spiro atoms. The second-order valence-electron chi connectivity index (χ2n) is 10.6. The van der Waals surface area contributed by atoms with Crippen LogP contribution in [-0.2, 0) is 24.4 Å². The van der Waals surface area contributed by atoms with Gasteiger partial charge in [0.2, 0.25) is 0 Å². The zero-order valence-corrected chi connectivity index (χ0v) is 23.9. The first kappa shape index (κ1) is 30.4. The van der Waals surface area contributed by atoms with E-state index in [1.165, 1.54) is 6.07 Å². The molecule has 220 valence electrons. The summed E-state index contributed by atoms with van der Waals surface area (Å²) in [5, 5.41) is 5.64. The zero-order valence-electron chi connectivity index (χ0n) is 23.9. The molecule has 6 rings (SSSR count). The average molecular weight is 575 g/mol. The summed E-state index contributed by atoms with van der Waals surface area (Å²) in [6.07, 6.45) is 0. The predicted molar refractivity (Wildman–Crippen MR) is 156 cm³/mol. The predicted octanol–water partition coefficient (Wildman–Crippen LogP) is 4.85. The van der Waals surface area contributed by atoms with Crippen LogP contribution in [0.25, 0.3) is 0 Å². The van der Waals surface area contributed by atoms with Crippen molar-refractivity contribution in [2.24, 2.45) is 0 Å². The number of ether oxygens (including phenoxy) is 4. The Balaban J connectivity index is 1.58. The standard InChI is InChI=1S/C32H34N2O8/c1-32(2,3)25-19-23-18-24(20-25)29(36)34-27-10-6-22(7-11-27)31(38)42-17-15-40-13-12-39-14-16-41-30(37)21-4-8-26(9-5-21)33-28(23)35/h4-11,18-20H,12-17H2,1-3H3,(H,33,35)(H,34,36). The largest absolute Gasteiger partial charge is 0.460 e. The number of hydrogen-bond donors (Lipinski definition) is 2. The molecule has 6 bridgehead atoms. The van der Waals surface area contributed by atoms with Gasteiger partial charge in [-0.05, 0) is 77.7 Å². The number of nitrogens with one attached hydrogen (secondary N) is 2. The summed E-state index contributed by atoms with van der Waals surface area (Å²) in [4.78, 5) is 51.2. The van der Waals surface area contributed by atoms with Gasteiger partial charge in [-0.3, -0.25) is 9.59 Å². The minimum absolute atomic E-state index is 0.0632. The zero-order chi connectivity index (χ0) is 30.1. The van der Waals surface area contributed by atoms with E-state index in [0.717, 1.165) is 5.56 Å². The molecule has 3 heterocycles. The average Bonchev–Trinajstić information content (AvgIpc) is 2.97. The van der Waals surface area contributed by atoms with Gasteiger partial charge in [-0.1, -0.05) is 20.8 Å². The summed E-state index contributed by atoms with van der Waals surface area (Å²) in [5.41, 5.74) is 2.66. The summed E-state index contributed by atoms with van der Waals surface area (Å²) in [6.45, 7) is 7.06. The van der Waals surface area contributed by atoms with Gasteiger partial charge in [0.05, 0.1) is 37.6 Å². The van der Waals surface area contributed by atoms with E-state index in [1.807, 2.05) is 20.8 Å². The number of carbonyl (C=O) groups is 4. The van der Waals surface area contributed by atoms with Crippen LogP contribution in [0, 0.1) is 0 Å². The molecule has 3 aliphatic heterocycles. The van der Waals surface area contributed by atoms with Crippen molar-refractivity contribution in [3.63, 3.8) is 0 Å². The van der Waals surface area contributed by atoms with Crippen LogP contribution in [0.1, 0.15) is 67.8 Å². The molecule has 0 radical (unpaired) electrons. The third-order valence-electron chi connectivity index (χ3n) is 6.37. The van der Waals surface area contributed by atoms with E-state index in [1.54, 1.807) is 60.7 Å². The number of anilines is 2. The third-order valence-corrected chi connectivity index (χ3v) is 6.37. The van der Waals surface area contributed by atoms with Crippen molar-refractivity contribution >= 4 is 35.1 Å². The van der Waals surface area contributed by atoms with E-state index in [2.05, 4.69) is 10.6 Å². The minimum atomic E-state index is -0.519. The molecule has 0 saturated carbocycles. The number of esters is 2. The Morgan fingerprint density at radius 1 is 0.524 bits per heavy atom. The van der Waals surface area contributed by atoms with Crippen molar-refractivity contribution in [2.45, 2.75) is 26.2 Å². The number of amides is 2. The lowest BCUT2D eigenvalue weighted by atomic mass is 9.85. The fraction of sp³-hybridized carbons (Fsp3) is 0.312. The molecular formula is C32H34N2O8. The summed E-state index contributed by atoms with van der Waals surface area (Å²) in [5.74, 6) is -1.86. The number of benzene rings is 3. The first-order valence-corrected chi connectivity index (χ1v) is 13.6. The molecule has 3 aromatic rings. The van der Waals surface area contributed by atoms with Crippen LogP contribution in [0.15, 0.2) is 66.7 Å². The van der Waals surface area contributed by atoms with E-state index >= 15 is 0 Å². The molecule has 0 aromatic heterocycles. The van der Waals surface area contributed by atoms with Gasteiger partial charge < -0.3 is 29.6 Å². The Hall–Kier alpha value is -4.54. The summed E-state index contributed by atoms with van der Waals surface area (Å²) < 4.78 is 21.3. The second-order valence-corrected chi connectivity index (χ2v) is 10.6. The highest BCUT2D eigenvalue weighted by Crippen LogP contribution is 2.26. The van der Waals surface area contributed by atoms with Crippen LogP contribution < -0.4 is 10.6 Å². The first-order chi connectivity index (χ1) is 20.1. The molecule has 10 heteroatoms. The van der Waals surface area contributed by atoms with Crippen LogP contribution in [0.3, 0.4) is 0 Å². The highest BCUT2D eigenvalue weighted by Gasteiger charge is 2.21. The lowest BCUT2D eigenvalue weighted by molar-refractivity contribution is 0.00230. The fourth-order valence-electron chi connectivity index (χ4n) is 3.98. The van der Waals surface area contributed by atoms with E-state index in [9.17, 15) is 19.2 Å². The van der Waals surface area contributed by atoms with Crippen molar-refractivity contribution in [1.82, 2.24) is 0 Å². The number of fused-ring (bicyclic) bond motifs is 2. The molecule has 2 N–H and O–H groups in total. The Bertz CT molecular complexity index is 1330. The maximum atomic E-state index is 13.2. The van der Waals surface area contributed by atoms with Crippen molar-refractivity contribution in [1.29, 1.82) is 0 Å². The highest BCUT2D eigenvalue weighted by atomic mass is 16.6. The van der Waals surface area contributed by atoms with Gasteiger partial charge in [-0.25, -0.2) is 9.59 Å². The van der Waals surface area contributed by atoms with Crippen molar-refractivity contribution in [3.05, 3.63) is 94.5 Å². The normalized spacial score (nSPS) is 16.2. The van der Waals surface area contributed by atoms with Gasteiger partial charge in [-0.15, -0.1) is 0 Å². The van der Waals surface area contributed by atoms with Crippen molar-refractivity contribution < 1.29 is 38.1 Å². The lowest BCUT2D eigenvalue weighted by Gasteiger charge is -2.21. The number of hydrogen-bond acceptors (Lipinski definition) is 8. The molecule has 0 aliphatic carbocycles. The molecule has 0 atom stereocenters. The van der Waals surface area contributed by atoms with Gasteiger partial charge in [0.1, 0.15) is 13.2 Å². The molecular weight excluding hydrogens is 540 g/mol. The molecule has 3 aromatic carbocycles. The van der Waals surface area contributed by atoms with Gasteiger partial charge >= 0.3 is 11.9 Å². The van der Waals surface area contributed by atoms with E-state index in [0.29, 0.717) is 33.6 Å². The number of carbonyl (C=O) groups excluding carboxylic acids is 4. The second kappa shape index (κ2) is 13.9. The molecule has 0 unspecified atom stereocenters. The molecule has 42 heavy (non-hydrogen) atoms. The van der Waals surface area contributed by atoms with E-state index < -0.39 is 23.8 Å². The monoisotopic (exact) mass is 574 g/mol. The molecule has 0 saturated heterocycles. The van der Waals surface area contributed by atoms with Gasteiger partial charge in [0, 0.05) is 22.5 Å². The quantitative estimate of drug-likeness (QED) is 0.365. The highest BCUT2D eigenvalue weighted by molar-refractivity contribution is 6.09. The SMILES string of the molecule is CC(C)(C)c1cc2cc(c1)C(=O)Nc1ccc(cc1)C(=O)OCCOCCOCCOC(=O)c1ccc(cc1)NC2=O. The smallest absolute Gasteiger partial charge is 0.338 e. The summed E-state index contributed by atoms with van der Waals surface area (Å²) in [7, 11) is 0. The minimum Gasteiger partial charge on any atom is -0.460 e. The van der Waals surface area contributed by atoms with Crippen molar-refractivity contribution in [3.8, 4) is 0 Å². The van der Waals surface area contributed by atoms with E-state index in [4.69, 9.17) is 18.9 Å². The van der Waals surface area contributed by atoms with Crippen LogP contribution in [0.2, 0.25) is 0 Å². The Morgan fingerprint density at radius 3 is 1.29 bits per heavy atom. The van der Waals surface area contributed by atoms with Crippen LogP contribution in [0.5, 0.6) is 0 Å². The van der Waals surface area contributed by atoms with Crippen molar-refractivity contribution in [2.75, 3.05) is 50.3 Å². The summed E-state index contributed by atoms with van der Waals surface area (Å²) >= 11 is 0. The Kier molecular flexibility index (Phi) is 10.1. The van der Waals surface area contributed by atoms with E-state index in [-0.39, 0.29) is 45.1 Å². The molecule has 2 amide bonds. The summed E-state index contributed by atoms with van der Waals surface area (Å²) in [6, 6.07) is 17.7. The maximum absolute atomic E-state index is 13.2. The van der Waals surface area contributed by atoms with Gasteiger partial charge in [0.15, 0.2) is 0 Å². The Morgan fingerprint density at radius 2 is 0.905 bits per heavy atom. The van der Waals surface area contributed by atoms with Gasteiger partial charge in [-0.2, -0.15) is 0 Å². The third kappa shape index (κ3) is 8.48. The molecule has 10 nitrogen and oxygen atoms in total. The molecule has 0 fully saturated rings. The van der Waals surface area contributed by atoms with Crippen LogP contribution in [-0.4, -0.2) is 63.4 Å². The first-order valence-electron chi connectivity index (χ1n) is 13.6. The number of rotatable bonds is 0. The topological polar surface area (TPSA) is 129 Å². The van der Waals surface area contributed by atoms with Gasteiger partial charge in [0.25, 0.3) is 11.8 Å².